The maximum atomic E-state index is 14.0. The van der Waals surface area contributed by atoms with Gasteiger partial charge in [0.2, 0.25) is 5.91 Å². The Morgan fingerprint density at radius 3 is 2.40 bits per heavy atom. The molecule has 0 radical (unpaired) electrons. The highest BCUT2D eigenvalue weighted by Gasteiger charge is 2.69. The number of phenols is 1. The van der Waals surface area contributed by atoms with Gasteiger partial charge in [-0.2, -0.15) is 0 Å². The summed E-state index contributed by atoms with van der Waals surface area (Å²) in [5.41, 5.74) is 3.76. The molecule has 3 saturated carbocycles. The van der Waals surface area contributed by atoms with Crippen molar-refractivity contribution in [2.45, 2.75) is 63.5 Å². The molecule has 4 aliphatic carbocycles. The second-order valence-corrected chi connectivity index (χ2v) is 13.4. The van der Waals surface area contributed by atoms with Crippen LogP contribution < -0.4 is 5.73 Å². The lowest BCUT2D eigenvalue weighted by Crippen LogP contribution is -2.74. The molecular formula is C33H38N2O8. The largest absolute Gasteiger partial charge is 0.507 e. The highest BCUT2D eigenvalue weighted by molar-refractivity contribution is 6.32. The summed E-state index contributed by atoms with van der Waals surface area (Å²) >= 11 is 0. The van der Waals surface area contributed by atoms with Crippen LogP contribution >= 0.6 is 0 Å². The number of hydrogen-bond donors (Lipinski definition) is 3. The van der Waals surface area contributed by atoms with Gasteiger partial charge in [-0.3, -0.25) is 28.9 Å². The highest BCUT2D eigenvalue weighted by atomic mass is 16.3. The van der Waals surface area contributed by atoms with Gasteiger partial charge in [0.1, 0.15) is 17.3 Å². The Bertz CT molecular complexity index is 1530. The van der Waals surface area contributed by atoms with Crippen molar-refractivity contribution in [3.8, 4) is 17.1 Å². The van der Waals surface area contributed by atoms with Gasteiger partial charge in [0, 0.05) is 17.9 Å². The zero-order valence-electron chi connectivity index (χ0n) is 24.7. The van der Waals surface area contributed by atoms with Crippen LogP contribution in [0.25, 0.3) is 11.3 Å². The SMILES string of the molecule is CC1CCC(Cc2ccc(-c3ccc(O)c4c3C[C@@H]3C[C@@H]5C(N(C)C)C(=O)C(C(N)=O)C(=O)[C@]5(O)C(=O)C3C4=O)o2)CC1. The number of furan rings is 1. The Labute approximate surface area is 249 Å². The molecule has 4 aliphatic rings. The maximum Gasteiger partial charge on any atom is 0.235 e. The number of ketones is 4. The molecule has 10 nitrogen and oxygen atoms in total. The lowest BCUT2D eigenvalue weighted by atomic mass is 9.52. The first-order valence-corrected chi connectivity index (χ1v) is 15.1. The Balaban J connectivity index is 1.37. The van der Waals surface area contributed by atoms with Gasteiger partial charge in [-0.25, -0.2) is 0 Å². The number of fused-ring (bicyclic) bond motifs is 3. The summed E-state index contributed by atoms with van der Waals surface area (Å²) in [4.78, 5) is 68.3. The number of aromatic hydroxyl groups is 1. The van der Waals surface area contributed by atoms with Crippen molar-refractivity contribution in [1.29, 1.82) is 0 Å². The van der Waals surface area contributed by atoms with Crippen LogP contribution in [0.4, 0.5) is 0 Å². The molecule has 43 heavy (non-hydrogen) atoms. The van der Waals surface area contributed by atoms with E-state index in [1.54, 1.807) is 20.2 Å². The predicted octanol–water partition coefficient (Wildman–Crippen LogP) is 2.50. The Hall–Kier alpha value is -3.63. The first-order valence-electron chi connectivity index (χ1n) is 15.1. The first kappa shape index (κ1) is 29.4. The van der Waals surface area contributed by atoms with Gasteiger partial charge < -0.3 is 20.4 Å². The minimum atomic E-state index is -2.74. The third kappa shape index (κ3) is 4.49. The van der Waals surface area contributed by atoms with E-state index in [4.69, 9.17) is 10.2 Å². The van der Waals surface area contributed by atoms with E-state index in [9.17, 15) is 34.2 Å². The van der Waals surface area contributed by atoms with Crippen molar-refractivity contribution in [2.24, 2.45) is 41.2 Å². The number of aliphatic hydroxyl groups is 1. The summed E-state index contributed by atoms with van der Waals surface area (Å²) in [5.74, 6) is -7.88. The fourth-order valence-electron chi connectivity index (χ4n) is 8.29. The minimum absolute atomic E-state index is 0.00248. The summed E-state index contributed by atoms with van der Waals surface area (Å²) in [6.45, 7) is 2.28. The van der Waals surface area contributed by atoms with Crippen LogP contribution in [-0.4, -0.2) is 69.9 Å². The number of likely N-dealkylation sites (N-methyl/N-ethyl adjacent to an activating group) is 1. The van der Waals surface area contributed by atoms with Crippen LogP contribution in [0.2, 0.25) is 0 Å². The van der Waals surface area contributed by atoms with Gasteiger partial charge in [0.15, 0.2) is 34.7 Å². The fourth-order valence-corrected chi connectivity index (χ4v) is 8.29. The Morgan fingerprint density at radius 2 is 1.74 bits per heavy atom. The molecule has 0 spiro atoms. The van der Waals surface area contributed by atoms with Gasteiger partial charge in [0.05, 0.1) is 17.5 Å². The van der Waals surface area contributed by atoms with E-state index in [0.29, 0.717) is 22.8 Å². The molecule has 3 fully saturated rings. The number of phenolic OH excluding ortho intramolecular Hbond substituents is 1. The monoisotopic (exact) mass is 590 g/mol. The van der Waals surface area contributed by atoms with Gasteiger partial charge in [0.25, 0.3) is 0 Å². The molecule has 228 valence electrons. The van der Waals surface area contributed by atoms with Crippen LogP contribution in [0.1, 0.15) is 60.7 Å². The highest BCUT2D eigenvalue weighted by Crippen LogP contribution is 2.52. The molecule has 6 atom stereocenters. The van der Waals surface area contributed by atoms with Gasteiger partial charge in [-0.15, -0.1) is 0 Å². The van der Waals surface area contributed by atoms with E-state index in [0.717, 1.165) is 30.9 Å². The molecule has 0 aliphatic heterocycles. The van der Waals surface area contributed by atoms with Crippen molar-refractivity contribution in [3.63, 3.8) is 0 Å². The molecule has 1 aromatic carbocycles. The summed E-state index contributed by atoms with van der Waals surface area (Å²) < 4.78 is 6.27. The number of Topliss-reactive ketones (excluding diaryl/α,β-unsaturated/α-hetero) is 4. The number of carbonyl (C=O) groups excluding carboxylic acids is 5. The van der Waals surface area contributed by atoms with E-state index in [1.165, 1.54) is 23.8 Å². The van der Waals surface area contributed by atoms with Crippen molar-refractivity contribution in [2.75, 3.05) is 14.1 Å². The minimum Gasteiger partial charge on any atom is -0.507 e. The number of nitrogens with two attached hydrogens (primary N) is 1. The summed E-state index contributed by atoms with van der Waals surface area (Å²) in [5, 5.41) is 22.6. The molecule has 6 rings (SSSR count). The van der Waals surface area contributed by atoms with Gasteiger partial charge >= 0.3 is 0 Å². The summed E-state index contributed by atoms with van der Waals surface area (Å²) in [6.07, 6.45) is 5.74. The number of nitrogens with zero attached hydrogens (tertiary/aromatic N) is 1. The summed E-state index contributed by atoms with van der Waals surface area (Å²) in [7, 11) is 3.13. The van der Waals surface area contributed by atoms with Gasteiger partial charge in [-0.05, 0) is 87.4 Å². The lowest BCUT2D eigenvalue weighted by molar-refractivity contribution is -0.181. The Morgan fingerprint density at radius 1 is 1.05 bits per heavy atom. The molecule has 1 aromatic heterocycles. The second-order valence-electron chi connectivity index (χ2n) is 13.4. The maximum absolute atomic E-state index is 14.0. The molecule has 0 saturated heterocycles. The molecular weight excluding hydrogens is 552 g/mol. The van der Waals surface area contributed by atoms with Crippen LogP contribution in [0.15, 0.2) is 28.7 Å². The molecule has 4 N–H and O–H groups in total. The summed E-state index contributed by atoms with van der Waals surface area (Å²) in [6, 6.07) is 5.75. The first-order chi connectivity index (χ1) is 20.3. The van der Waals surface area contributed by atoms with Crippen LogP contribution in [0.5, 0.6) is 5.75 Å². The molecule has 2 aromatic rings. The molecule has 10 heteroatoms. The third-order valence-corrected chi connectivity index (χ3v) is 10.5. The predicted molar refractivity (Wildman–Crippen MR) is 154 cm³/mol. The molecule has 3 unspecified atom stereocenters. The number of amides is 1. The van der Waals surface area contributed by atoms with Crippen molar-refractivity contribution in [1.82, 2.24) is 4.90 Å². The standard InChI is InChI=1S/C33H38N2O8/c1-15-4-6-16(7-5-15)12-18-8-11-23(43-18)19-9-10-22(36)25-20(19)13-17-14-21-27(35(2)3)29(38)26(32(34)41)31(40)33(21,42)30(39)24(17)28(25)37/h8-11,15-17,21,24,26-27,36,42H,4-7,12-14H2,1-3H3,(H2,34,41)/t15?,16?,17-,21-,24?,26?,27?,33-/m1/s1. The van der Waals surface area contributed by atoms with E-state index in [-0.39, 0.29) is 24.2 Å². The lowest BCUT2D eigenvalue weighted by Gasteiger charge is -2.52. The van der Waals surface area contributed by atoms with Crippen LogP contribution in [0, 0.1) is 35.5 Å². The quantitative estimate of drug-likeness (QED) is 0.443. The average Bonchev–Trinajstić information content (AvgIpc) is 3.40. The Kier molecular flexibility index (Phi) is 7.20. The molecule has 1 amide bonds. The zero-order chi connectivity index (χ0) is 31.0. The normalized spacial score (nSPS) is 34.1. The number of benzene rings is 1. The average molecular weight is 591 g/mol. The second kappa shape index (κ2) is 10.5. The third-order valence-electron chi connectivity index (χ3n) is 10.5. The fraction of sp³-hybridized carbons (Fsp3) is 0.545. The van der Waals surface area contributed by atoms with E-state index in [1.807, 2.05) is 12.1 Å². The van der Waals surface area contributed by atoms with Crippen molar-refractivity contribution < 1.29 is 38.6 Å². The number of hydrogen-bond acceptors (Lipinski definition) is 9. The van der Waals surface area contributed by atoms with E-state index < -0.39 is 64.4 Å². The topological polar surface area (TPSA) is 168 Å². The van der Waals surface area contributed by atoms with E-state index >= 15 is 0 Å². The van der Waals surface area contributed by atoms with Crippen LogP contribution in [-0.2, 0) is 32.0 Å². The molecule has 0 bridgehead atoms. The number of primary amides is 1. The smallest absolute Gasteiger partial charge is 0.235 e. The number of rotatable bonds is 5. The zero-order valence-corrected chi connectivity index (χ0v) is 24.7. The van der Waals surface area contributed by atoms with E-state index in [2.05, 4.69) is 6.92 Å². The van der Waals surface area contributed by atoms with Crippen molar-refractivity contribution in [3.05, 3.63) is 41.2 Å². The van der Waals surface area contributed by atoms with Gasteiger partial charge in [-0.1, -0.05) is 19.8 Å². The number of carbonyl (C=O) groups is 5. The van der Waals surface area contributed by atoms with Crippen LogP contribution in [0.3, 0.4) is 0 Å². The van der Waals surface area contributed by atoms with Crippen molar-refractivity contribution >= 4 is 29.0 Å². The molecule has 1 heterocycles.